The summed E-state index contributed by atoms with van der Waals surface area (Å²) in [6.45, 7) is 18.7. The molecule has 0 saturated carbocycles. The first-order chi connectivity index (χ1) is 13.1. The van der Waals surface area contributed by atoms with E-state index in [2.05, 4.69) is 73.4 Å². The zero-order valence-corrected chi connectivity index (χ0v) is 24.7. The van der Waals surface area contributed by atoms with Crippen LogP contribution in [0.5, 0.6) is 0 Å². The molecule has 1 rings (SSSR count). The number of aliphatic imine (C=N–C) groups is 1. The highest BCUT2D eigenvalue weighted by Gasteiger charge is 2.39. The topological polar surface area (TPSA) is 69.5 Å². The Balaban J connectivity index is 2.20. The number of ether oxygens (including phenoxy) is 2. The molecule has 3 atom stereocenters. The lowest BCUT2D eigenvalue weighted by atomic mass is 10.2. The Kier molecular flexibility index (Phi) is 11.2. The molecule has 10 heteroatoms. The zero-order valence-electron chi connectivity index (χ0n) is 19.6. The maximum absolute atomic E-state index is 10.0. The number of unbranched alkanes of at least 4 members (excludes halogenated alkanes) is 2. The molecule has 0 radical (unpaired) electrons. The minimum Gasteiger partial charge on any atom is -0.437 e. The lowest BCUT2D eigenvalue weighted by Gasteiger charge is -2.38. The van der Waals surface area contributed by atoms with Crippen LogP contribution in [0, 0.1) is 0 Å². The third-order valence-corrected chi connectivity index (χ3v) is 14.6. The standard InChI is InChI=1S/C19H42INO5Si3/c1-17(14-18(22)15-24-19(20)16-21-19)23-12-10-9-11-13-29(8,25-27(2,3)4)26-28(5,6)7/h16-18,22H,9-15H2,1-8H3. The van der Waals surface area contributed by atoms with E-state index < -0.39 is 35.0 Å². The lowest BCUT2D eigenvalue weighted by molar-refractivity contribution is -0.0183. The molecule has 0 aromatic heterocycles. The van der Waals surface area contributed by atoms with E-state index in [1.54, 1.807) is 6.21 Å². The van der Waals surface area contributed by atoms with Gasteiger partial charge in [-0.15, -0.1) is 0 Å². The van der Waals surface area contributed by atoms with Crippen molar-refractivity contribution in [2.24, 2.45) is 4.99 Å². The van der Waals surface area contributed by atoms with Gasteiger partial charge in [-0.05, 0) is 87.8 Å². The van der Waals surface area contributed by atoms with Crippen LogP contribution in [0.25, 0.3) is 0 Å². The zero-order chi connectivity index (χ0) is 22.3. The largest absolute Gasteiger partial charge is 0.437 e. The second-order valence-electron chi connectivity index (χ2n) is 10.1. The lowest BCUT2D eigenvalue weighted by Crippen LogP contribution is -2.52. The van der Waals surface area contributed by atoms with Crippen molar-refractivity contribution in [3.05, 3.63) is 0 Å². The molecule has 1 heterocycles. The Labute approximate surface area is 194 Å². The summed E-state index contributed by atoms with van der Waals surface area (Å²) in [6, 6.07) is 1.05. The number of halogens is 1. The van der Waals surface area contributed by atoms with Crippen molar-refractivity contribution in [3.63, 3.8) is 0 Å². The predicted octanol–water partition coefficient (Wildman–Crippen LogP) is 5.28. The molecule has 3 unspecified atom stereocenters. The van der Waals surface area contributed by atoms with Crippen molar-refractivity contribution in [2.45, 2.75) is 100 Å². The van der Waals surface area contributed by atoms with Crippen LogP contribution in [0.15, 0.2) is 4.99 Å². The van der Waals surface area contributed by atoms with Gasteiger partial charge in [-0.25, -0.2) is 4.99 Å². The van der Waals surface area contributed by atoms with Gasteiger partial charge in [0.1, 0.15) is 0 Å². The van der Waals surface area contributed by atoms with Gasteiger partial charge in [0.05, 0.1) is 25.0 Å². The normalized spacial score (nSPS) is 22.0. The van der Waals surface area contributed by atoms with Gasteiger partial charge in [0.2, 0.25) is 3.73 Å². The van der Waals surface area contributed by atoms with E-state index in [1.165, 1.54) is 0 Å². The third kappa shape index (κ3) is 14.5. The van der Waals surface area contributed by atoms with Crippen LogP contribution in [-0.2, 0) is 17.7 Å². The van der Waals surface area contributed by atoms with Gasteiger partial charge in [-0.2, -0.15) is 0 Å². The van der Waals surface area contributed by atoms with Crippen LogP contribution < -0.4 is 0 Å². The molecule has 1 aliphatic heterocycles. The SMILES string of the molecule is CC(CC(O)COC1(I)C=N1)OCCCCC[Si](C)(O[Si](C)(C)C)O[Si](C)(C)C. The van der Waals surface area contributed by atoms with Crippen LogP contribution >= 0.6 is 22.6 Å². The average Bonchev–Trinajstić information content (AvgIpc) is 3.23. The van der Waals surface area contributed by atoms with Gasteiger partial charge >= 0.3 is 8.56 Å². The van der Waals surface area contributed by atoms with E-state index in [4.69, 9.17) is 17.7 Å². The second-order valence-corrected chi connectivity index (χ2v) is 24.5. The molecule has 0 aromatic carbocycles. The van der Waals surface area contributed by atoms with Crippen LogP contribution in [-0.4, -0.2) is 65.7 Å². The van der Waals surface area contributed by atoms with Gasteiger partial charge in [0.15, 0.2) is 16.6 Å². The number of aliphatic hydroxyl groups is 1. The molecule has 0 amide bonds. The van der Waals surface area contributed by atoms with Crippen LogP contribution in [0.4, 0.5) is 0 Å². The second kappa shape index (κ2) is 11.6. The Hall–Kier alpha value is 0.851. The molecule has 0 aliphatic carbocycles. The first-order valence-corrected chi connectivity index (χ1v) is 21.1. The summed E-state index contributed by atoms with van der Waals surface area (Å²) in [6.07, 6.45) is 5.05. The molecular formula is C19H42INO5Si3. The number of aliphatic hydroxyl groups excluding tert-OH is 1. The van der Waals surface area contributed by atoms with Gasteiger partial charge in [-0.1, -0.05) is 12.8 Å². The maximum atomic E-state index is 10.0. The summed E-state index contributed by atoms with van der Waals surface area (Å²) in [5.74, 6) is 0. The molecule has 0 saturated heterocycles. The number of rotatable bonds is 16. The minimum atomic E-state index is -2.12. The molecule has 1 N–H and O–H groups in total. The fraction of sp³-hybridized carbons (Fsp3) is 0.947. The number of hydrogen-bond donors (Lipinski definition) is 1. The number of nitrogens with zero attached hydrogens (tertiary/aromatic N) is 1. The molecule has 1 aliphatic rings. The van der Waals surface area contributed by atoms with Gasteiger partial charge < -0.3 is 22.8 Å². The Morgan fingerprint density at radius 2 is 1.55 bits per heavy atom. The van der Waals surface area contributed by atoms with E-state index in [-0.39, 0.29) is 12.7 Å². The van der Waals surface area contributed by atoms with E-state index in [0.717, 1.165) is 31.9 Å². The first-order valence-electron chi connectivity index (χ1n) is 10.7. The Morgan fingerprint density at radius 1 is 1.00 bits per heavy atom. The third-order valence-electron chi connectivity index (χ3n) is 4.14. The summed E-state index contributed by atoms with van der Waals surface area (Å²) >= 11 is 2.11. The molecule has 6 nitrogen and oxygen atoms in total. The average molecular weight is 576 g/mol. The highest BCUT2D eigenvalue weighted by atomic mass is 127. The Morgan fingerprint density at radius 3 is 2.03 bits per heavy atom. The van der Waals surface area contributed by atoms with E-state index in [1.807, 2.05) is 6.92 Å². The van der Waals surface area contributed by atoms with E-state index in [9.17, 15) is 5.11 Å². The Bertz CT molecular complexity index is 503. The van der Waals surface area contributed by atoms with Crippen LogP contribution in [0.1, 0.15) is 32.6 Å². The molecular weight excluding hydrogens is 533 g/mol. The van der Waals surface area contributed by atoms with Crippen molar-refractivity contribution in [2.75, 3.05) is 13.2 Å². The summed E-state index contributed by atoms with van der Waals surface area (Å²) < 4.78 is 24.0. The molecule has 0 bridgehead atoms. The van der Waals surface area contributed by atoms with Crippen molar-refractivity contribution in [3.8, 4) is 0 Å². The molecule has 29 heavy (non-hydrogen) atoms. The van der Waals surface area contributed by atoms with Crippen molar-refractivity contribution >= 4 is 54.0 Å². The molecule has 0 spiro atoms. The first kappa shape index (κ1) is 27.9. The number of alkyl halides is 1. The summed E-state index contributed by atoms with van der Waals surface area (Å²) in [5.41, 5.74) is 0. The van der Waals surface area contributed by atoms with Crippen LogP contribution in [0.3, 0.4) is 0 Å². The fourth-order valence-electron chi connectivity index (χ4n) is 3.29. The van der Waals surface area contributed by atoms with Crippen molar-refractivity contribution in [1.82, 2.24) is 0 Å². The highest BCUT2D eigenvalue weighted by molar-refractivity contribution is 14.1. The molecule has 172 valence electrons. The van der Waals surface area contributed by atoms with Crippen LogP contribution in [0.2, 0.25) is 51.9 Å². The molecule has 0 fully saturated rings. The number of hydrogen-bond acceptors (Lipinski definition) is 6. The van der Waals surface area contributed by atoms with E-state index >= 15 is 0 Å². The maximum Gasteiger partial charge on any atom is 0.314 e. The summed E-state index contributed by atoms with van der Waals surface area (Å²) in [5, 5.41) is 10.0. The van der Waals surface area contributed by atoms with Gasteiger partial charge in [-0.3, -0.25) is 0 Å². The molecule has 0 aromatic rings. The summed E-state index contributed by atoms with van der Waals surface area (Å²) in [4.78, 5) is 4.01. The van der Waals surface area contributed by atoms with Gasteiger partial charge in [0, 0.05) is 13.0 Å². The van der Waals surface area contributed by atoms with Gasteiger partial charge in [0.25, 0.3) is 0 Å². The predicted molar refractivity (Wildman–Crippen MR) is 136 cm³/mol. The van der Waals surface area contributed by atoms with Crippen molar-refractivity contribution in [1.29, 1.82) is 0 Å². The quantitative estimate of drug-likeness (QED) is 0.0892. The van der Waals surface area contributed by atoms with Crippen molar-refractivity contribution < 1.29 is 22.8 Å². The fourth-order valence-corrected chi connectivity index (χ4v) is 16.2. The van der Waals surface area contributed by atoms with E-state index in [0.29, 0.717) is 6.42 Å². The minimum absolute atomic E-state index is 0.0176. The smallest absolute Gasteiger partial charge is 0.314 e. The summed E-state index contributed by atoms with van der Waals surface area (Å²) in [7, 11) is -5.36. The monoisotopic (exact) mass is 575 g/mol. The highest BCUT2D eigenvalue weighted by Crippen LogP contribution is 2.30.